The molecule has 3 N–H and O–H groups in total. The molecule has 0 saturated carbocycles. The Balaban J connectivity index is 2.58. The van der Waals surface area contributed by atoms with E-state index in [1.807, 2.05) is 0 Å². The fourth-order valence-corrected chi connectivity index (χ4v) is 1.07. The molecule has 0 fully saturated rings. The topological polar surface area (TPSA) is 64.1 Å². The zero-order valence-corrected chi connectivity index (χ0v) is 7.58. The van der Waals surface area contributed by atoms with Crippen molar-refractivity contribution in [3.05, 3.63) is 10.7 Å². The van der Waals surface area contributed by atoms with Crippen molar-refractivity contribution in [2.75, 3.05) is 12.3 Å². The van der Waals surface area contributed by atoms with Gasteiger partial charge < -0.3 is 10.8 Å². The molecule has 1 rings (SSSR count). The van der Waals surface area contributed by atoms with Gasteiger partial charge in [-0.25, -0.2) is 0 Å². The lowest BCUT2D eigenvalue weighted by molar-refractivity contribution is 0.277. The second-order valence-electron chi connectivity index (χ2n) is 2.20. The minimum atomic E-state index is 0.178. The summed E-state index contributed by atoms with van der Waals surface area (Å²) in [5.74, 6) is 0.489. The maximum atomic E-state index is 8.52. The molecule has 5 heteroatoms. The van der Waals surface area contributed by atoms with Crippen molar-refractivity contribution >= 4 is 21.7 Å². The molecule has 0 radical (unpaired) electrons. The molecule has 0 spiro atoms. The Labute approximate surface area is 73.1 Å². The second-order valence-corrected chi connectivity index (χ2v) is 3.06. The van der Waals surface area contributed by atoms with Crippen LogP contribution in [0.15, 0.2) is 10.7 Å². The van der Waals surface area contributed by atoms with Crippen LogP contribution < -0.4 is 5.73 Å². The fraction of sp³-hybridized carbons (Fsp3) is 0.500. The monoisotopic (exact) mass is 219 g/mol. The van der Waals surface area contributed by atoms with Crippen LogP contribution in [0, 0.1) is 0 Å². The van der Waals surface area contributed by atoms with E-state index in [-0.39, 0.29) is 6.61 Å². The molecule has 1 aromatic heterocycles. The van der Waals surface area contributed by atoms with E-state index in [1.54, 1.807) is 10.9 Å². The number of nitrogen functional groups attached to an aromatic ring is 1. The molecular formula is C6H10BrN3O. The third-order valence-electron chi connectivity index (χ3n) is 1.29. The maximum Gasteiger partial charge on any atom is 0.159 e. The first-order chi connectivity index (χ1) is 5.24. The summed E-state index contributed by atoms with van der Waals surface area (Å²) in [7, 11) is 0. The summed E-state index contributed by atoms with van der Waals surface area (Å²) in [5, 5.41) is 12.5. The number of halogens is 1. The van der Waals surface area contributed by atoms with Gasteiger partial charge in [0.1, 0.15) is 0 Å². The summed E-state index contributed by atoms with van der Waals surface area (Å²) < 4.78 is 2.51. The van der Waals surface area contributed by atoms with E-state index in [0.29, 0.717) is 18.8 Å². The average Bonchev–Trinajstić information content (AvgIpc) is 2.28. The molecule has 0 atom stereocenters. The number of nitrogens with two attached hydrogens (primary N) is 1. The Kier molecular flexibility index (Phi) is 2.90. The van der Waals surface area contributed by atoms with Gasteiger partial charge in [0.2, 0.25) is 0 Å². The first-order valence-electron chi connectivity index (χ1n) is 3.33. The molecule has 11 heavy (non-hydrogen) atoms. The SMILES string of the molecule is Nc1nn(CCCO)cc1Br. The van der Waals surface area contributed by atoms with Crippen LogP contribution >= 0.6 is 15.9 Å². The van der Waals surface area contributed by atoms with Gasteiger partial charge in [-0.1, -0.05) is 0 Å². The van der Waals surface area contributed by atoms with Gasteiger partial charge in [0, 0.05) is 19.3 Å². The lowest BCUT2D eigenvalue weighted by Gasteiger charge is -1.95. The van der Waals surface area contributed by atoms with Crippen molar-refractivity contribution in [1.29, 1.82) is 0 Å². The zero-order valence-electron chi connectivity index (χ0n) is 6.00. The number of hydrogen-bond acceptors (Lipinski definition) is 3. The van der Waals surface area contributed by atoms with Crippen molar-refractivity contribution in [1.82, 2.24) is 9.78 Å². The Morgan fingerprint density at radius 2 is 2.45 bits per heavy atom. The summed E-state index contributed by atoms with van der Waals surface area (Å²) in [5.41, 5.74) is 5.47. The van der Waals surface area contributed by atoms with Crippen molar-refractivity contribution in [3.8, 4) is 0 Å². The molecule has 1 aromatic rings. The Bertz CT molecular complexity index is 216. The number of aromatic nitrogens is 2. The van der Waals surface area contributed by atoms with E-state index in [0.717, 1.165) is 4.47 Å². The van der Waals surface area contributed by atoms with Crippen LogP contribution in [0.4, 0.5) is 5.82 Å². The van der Waals surface area contributed by atoms with Crippen LogP contribution in [-0.2, 0) is 6.54 Å². The molecule has 0 amide bonds. The highest BCUT2D eigenvalue weighted by atomic mass is 79.9. The van der Waals surface area contributed by atoms with Crippen LogP contribution in [0.2, 0.25) is 0 Å². The van der Waals surface area contributed by atoms with E-state index in [2.05, 4.69) is 21.0 Å². The molecular weight excluding hydrogens is 210 g/mol. The van der Waals surface area contributed by atoms with Gasteiger partial charge in [0.25, 0.3) is 0 Å². The molecule has 0 aromatic carbocycles. The predicted molar refractivity (Wildman–Crippen MR) is 46.0 cm³/mol. The summed E-state index contributed by atoms with van der Waals surface area (Å²) >= 11 is 3.24. The van der Waals surface area contributed by atoms with Gasteiger partial charge >= 0.3 is 0 Å². The summed E-state index contributed by atoms with van der Waals surface area (Å²) in [6.07, 6.45) is 2.50. The second kappa shape index (κ2) is 3.73. The molecule has 0 aliphatic rings. The first-order valence-corrected chi connectivity index (χ1v) is 4.12. The largest absolute Gasteiger partial charge is 0.396 e. The number of aryl methyl sites for hydroxylation is 1. The first kappa shape index (κ1) is 8.55. The Morgan fingerprint density at radius 1 is 1.73 bits per heavy atom. The highest BCUT2D eigenvalue weighted by Crippen LogP contribution is 2.15. The van der Waals surface area contributed by atoms with E-state index >= 15 is 0 Å². The van der Waals surface area contributed by atoms with Crippen LogP contribution in [0.3, 0.4) is 0 Å². The maximum absolute atomic E-state index is 8.52. The molecule has 0 saturated heterocycles. The minimum absolute atomic E-state index is 0.178. The van der Waals surface area contributed by atoms with Crippen LogP contribution in [0.25, 0.3) is 0 Å². The van der Waals surface area contributed by atoms with Crippen LogP contribution in [0.5, 0.6) is 0 Å². The number of rotatable bonds is 3. The molecule has 62 valence electrons. The van der Waals surface area contributed by atoms with Gasteiger partial charge in [0.15, 0.2) is 5.82 Å². The lowest BCUT2D eigenvalue weighted by atomic mass is 10.5. The predicted octanol–water partition coefficient (Wildman–Crippen LogP) is 0.610. The van der Waals surface area contributed by atoms with Gasteiger partial charge in [-0.15, -0.1) is 0 Å². The standard InChI is InChI=1S/C6H10BrN3O/c7-5-4-10(2-1-3-11)9-6(5)8/h4,11H,1-3H2,(H2,8,9). The van der Waals surface area contributed by atoms with Crippen molar-refractivity contribution < 1.29 is 5.11 Å². The van der Waals surface area contributed by atoms with Crippen LogP contribution in [-0.4, -0.2) is 21.5 Å². The van der Waals surface area contributed by atoms with Crippen molar-refractivity contribution in [2.45, 2.75) is 13.0 Å². The average molecular weight is 220 g/mol. The normalized spacial score (nSPS) is 10.4. The highest BCUT2D eigenvalue weighted by molar-refractivity contribution is 9.10. The van der Waals surface area contributed by atoms with E-state index in [9.17, 15) is 0 Å². The number of aliphatic hydroxyl groups excluding tert-OH is 1. The van der Waals surface area contributed by atoms with Crippen LogP contribution in [0.1, 0.15) is 6.42 Å². The number of hydrogen-bond donors (Lipinski definition) is 2. The zero-order chi connectivity index (χ0) is 8.27. The number of anilines is 1. The minimum Gasteiger partial charge on any atom is -0.396 e. The molecule has 4 nitrogen and oxygen atoms in total. The number of aliphatic hydroxyl groups is 1. The fourth-order valence-electron chi connectivity index (χ4n) is 0.759. The smallest absolute Gasteiger partial charge is 0.159 e. The van der Waals surface area contributed by atoms with Gasteiger partial charge in [-0.05, 0) is 22.4 Å². The van der Waals surface area contributed by atoms with Gasteiger partial charge in [-0.3, -0.25) is 4.68 Å². The van der Waals surface area contributed by atoms with E-state index < -0.39 is 0 Å². The lowest BCUT2D eigenvalue weighted by Crippen LogP contribution is -2.01. The Hall–Kier alpha value is -0.550. The van der Waals surface area contributed by atoms with Crippen molar-refractivity contribution in [2.24, 2.45) is 0 Å². The molecule has 0 unspecified atom stereocenters. The van der Waals surface area contributed by atoms with Crippen molar-refractivity contribution in [3.63, 3.8) is 0 Å². The van der Waals surface area contributed by atoms with Gasteiger partial charge in [-0.2, -0.15) is 5.10 Å². The summed E-state index contributed by atoms with van der Waals surface area (Å²) in [4.78, 5) is 0. The summed E-state index contributed by atoms with van der Waals surface area (Å²) in [6, 6.07) is 0. The highest BCUT2D eigenvalue weighted by Gasteiger charge is 2.00. The third-order valence-corrected chi connectivity index (χ3v) is 1.90. The third kappa shape index (κ3) is 2.20. The number of nitrogens with zero attached hydrogens (tertiary/aromatic N) is 2. The molecule has 0 aliphatic heterocycles. The molecule has 0 aliphatic carbocycles. The van der Waals surface area contributed by atoms with E-state index in [1.165, 1.54) is 0 Å². The Morgan fingerprint density at radius 3 is 2.91 bits per heavy atom. The van der Waals surface area contributed by atoms with E-state index in [4.69, 9.17) is 10.8 Å². The molecule has 1 heterocycles. The molecule has 0 bridgehead atoms. The summed E-state index contributed by atoms with van der Waals surface area (Å²) in [6.45, 7) is 0.879. The van der Waals surface area contributed by atoms with Gasteiger partial charge in [0.05, 0.1) is 4.47 Å². The quantitative estimate of drug-likeness (QED) is 0.784.